The van der Waals surface area contributed by atoms with E-state index in [2.05, 4.69) is 30.7 Å². The van der Waals surface area contributed by atoms with Gasteiger partial charge in [-0.1, -0.05) is 23.8 Å². The van der Waals surface area contributed by atoms with Crippen LogP contribution in [0, 0.1) is 13.8 Å². The largest absolute Gasteiger partial charge is 0.573 e. The van der Waals surface area contributed by atoms with Gasteiger partial charge in [0.2, 0.25) is 5.95 Å². The Morgan fingerprint density at radius 3 is 2.14 bits per heavy atom. The number of aryl methyl sites for hydroxylation is 2. The van der Waals surface area contributed by atoms with Crippen molar-refractivity contribution in [3.63, 3.8) is 0 Å². The Bertz CT molecular complexity index is 1360. The molecule has 3 N–H and O–H groups in total. The van der Waals surface area contributed by atoms with E-state index in [1.54, 1.807) is 24.3 Å². The molecule has 0 aliphatic heterocycles. The third kappa shape index (κ3) is 6.95. The molecule has 10 heteroatoms. The van der Waals surface area contributed by atoms with Crippen molar-refractivity contribution in [2.45, 2.75) is 20.2 Å². The topological polar surface area (TPSA) is 88.2 Å². The summed E-state index contributed by atoms with van der Waals surface area (Å²) in [6.07, 6.45) is -4.84. The minimum absolute atomic E-state index is 0.0284. The highest BCUT2D eigenvalue weighted by atomic mass is 19.4. The van der Waals surface area contributed by atoms with Crippen molar-refractivity contribution in [3.05, 3.63) is 95.7 Å². The summed E-state index contributed by atoms with van der Waals surface area (Å²) in [4.78, 5) is 21.4. The van der Waals surface area contributed by atoms with E-state index in [1.807, 2.05) is 44.2 Å². The lowest BCUT2D eigenvalue weighted by Gasteiger charge is -2.12. The number of anilines is 5. The number of halogens is 3. The first-order valence-corrected chi connectivity index (χ1v) is 10.9. The number of aromatic nitrogens is 2. The Labute approximate surface area is 205 Å². The summed E-state index contributed by atoms with van der Waals surface area (Å²) in [6, 6.07) is 21.4. The third-order valence-electron chi connectivity index (χ3n) is 4.91. The van der Waals surface area contributed by atoms with Crippen molar-refractivity contribution in [2.24, 2.45) is 0 Å². The molecule has 3 aromatic carbocycles. The van der Waals surface area contributed by atoms with E-state index in [0.717, 1.165) is 29.1 Å². The maximum atomic E-state index is 12.5. The van der Waals surface area contributed by atoms with Crippen molar-refractivity contribution >= 4 is 34.7 Å². The molecule has 0 aliphatic rings. The lowest BCUT2D eigenvalue weighted by molar-refractivity contribution is -0.274. The molecule has 1 aromatic heterocycles. The SMILES string of the molecule is Cc1ccc(Nc2cc(C)nc(Nc3ccc(NC(=O)c4cccc(OC(F)(F)F)c4)cc3)n2)cc1. The van der Waals surface area contributed by atoms with Crippen molar-refractivity contribution in [3.8, 4) is 5.75 Å². The second kappa shape index (κ2) is 10.3. The van der Waals surface area contributed by atoms with Gasteiger partial charge >= 0.3 is 6.36 Å². The van der Waals surface area contributed by atoms with Crippen LogP contribution >= 0.6 is 0 Å². The average molecular weight is 493 g/mol. The molecule has 36 heavy (non-hydrogen) atoms. The van der Waals surface area contributed by atoms with E-state index < -0.39 is 18.0 Å². The molecule has 0 saturated heterocycles. The molecule has 1 heterocycles. The van der Waals surface area contributed by atoms with Crippen LogP contribution in [0.25, 0.3) is 0 Å². The van der Waals surface area contributed by atoms with Gasteiger partial charge in [0.15, 0.2) is 0 Å². The lowest BCUT2D eigenvalue weighted by Crippen LogP contribution is -2.18. The zero-order valence-electron chi connectivity index (χ0n) is 19.4. The van der Waals surface area contributed by atoms with E-state index in [-0.39, 0.29) is 5.56 Å². The van der Waals surface area contributed by atoms with Crippen LogP contribution in [0.1, 0.15) is 21.6 Å². The van der Waals surface area contributed by atoms with Gasteiger partial charge in [-0.3, -0.25) is 4.79 Å². The summed E-state index contributed by atoms with van der Waals surface area (Å²) >= 11 is 0. The number of rotatable bonds is 7. The van der Waals surface area contributed by atoms with Gasteiger partial charge in [0.05, 0.1) is 0 Å². The molecule has 0 radical (unpaired) electrons. The van der Waals surface area contributed by atoms with E-state index in [9.17, 15) is 18.0 Å². The maximum Gasteiger partial charge on any atom is 0.573 e. The van der Waals surface area contributed by atoms with E-state index in [4.69, 9.17) is 0 Å². The molecular weight excluding hydrogens is 471 g/mol. The Kier molecular flexibility index (Phi) is 7.05. The number of benzene rings is 3. The number of alkyl halides is 3. The Morgan fingerprint density at radius 1 is 0.806 bits per heavy atom. The van der Waals surface area contributed by atoms with Crippen LogP contribution in [-0.4, -0.2) is 22.2 Å². The Morgan fingerprint density at radius 2 is 1.44 bits per heavy atom. The van der Waals surface area contributed by atoms with Crippen LogP contribution in [0.3, 0.4) is 0 Å². The summed E-state index contributed by atoms with van der Waals surface area (Å²) in [5.74, 6) is -0.0152. The summed E-state index contributed by atoms with van der Waals surface area (Å²) in [5.41, 5.74) is 3.99. The quantitative estimate of drug-likeness (QED) is 0.265. The number of ether oxygens (including phenoxy) is 1. The number of nitrogens with one attached hydrogen (secondary N) is 3. The molecule has 184 valence electrons. The Hall–Kier alpha value is -4.60. The zero-order chi connectivity index (χ0) is 25.7. The van der Waals surface area contributed by atoms with Crippen molar-refractivity contribution in [2.75, 3.05) is 16.0 Å². The molecule has 0 atom stereocenters. The average Bonchev–Trinajstić information content (AvgIpc) is 2.80. The number of carbonyl (C=O) groups excluding carboxylic acids is 1. The molecule has 0 bridgehead atoms. The van der Waals surface area contributed by atoms with Crippen LogP contribution in [0.4, 0.5) is 42.0 Å². The predicted molar refractivity (Wildman–Crippen MR) is 132 cm³/mol. The van der Waals surface area contributed by atoms with Crippen LogP contribution in [0.15, 0.2) is 78.9 Å². The minimum atomic E-state index is -4.84. The highest BCUT2D eigenvalue weighted by Gasteiger charge is 2.31. The molecule has 7 nitrogen and oxygen atoms in total. The van der Waals surface area contributed by atoms with Crippen molar-refractivity contribution in [1.82, 2.24) is 9.97 Å². The highest BCUT2D eigenvalue weighted by molar-refractivity contribution is 6.04. The summed E-state index contributed by atoms with van der Waals surface area (Å²) in [5, 5.41) is 9.02. The van der Waals surface area contributed by atoms with Gasteiger partial charge in [-0.2, -0.15) is 4.98 Å². The van der Waals surface area contributed by atoms with Gasteiger partial charge < -0.3 is 20.7 Å². The zero-order valence-corrected chi connectivity index (χ0v) is 19.4. The highest BCUT2D eigenvalue weighted by Crippen LogP contribution is 2.24. The van der Waals surface area contributed by atoms with E-state index >= 15 is 0 Å². The van der Waals surface area contributed by atoms with E-state index in [0.29, 0.717) is 23.1 Å². The molecule has 0 spiro atoms. The van der Waals surface area contributed by atoms with Gasteiger partial charge in [0.25, 0.3) is 5.91 Å². The monoisotopic (exact) mass is 493 g/mol. The third-order valence-corrected chi connectivity index (χ3v) is 4.91. The fraction of sp³-hybridized carbons (Fsp3) is 0.115. The standard InChI is InChI=1S/C26H22F3N5O2/c1-16-6-8-19(9-7-16)31-23-14-17(2)30-25(34-23)33-21-12-10-20(11-13-21)32-24(35)18-4-3-5-22(15-18)36-26(27,28)29/h3-15H,1-2H3,(H,32,35)(H2,30,31,33,34). The lowest BCUT2D eigenvalue weighted by atomic mass is 10.2. The Balaban J connectivity index is 1.40. The normalized spacial score (nSPS) is 11.0. The van der Waals surface area contributed by atoms with Crippen molar-refractivity contribution < 1.29 is 22.7 Å². The summed E-state index contributed by atoms with van der Waals surface area (Å²) < 4.78 is 41.2. The van der Waals surface area contributed by atoms with Crippen molar-refractivity contribution in [1.29, 1.82) is 0 Å². The molecule has 0 saturated carbocycles. The fourth-order valence-corrected chi connectivity index (χ4v) is 3.28. The van der Waals surface area contributed by atoms with Crippen LogP contribution < -0.4 is 20.7 Å². The molecule has 4 aromatic rings. The van der Waals surface area contributed by atoms with Gasteiger partial charge in [0, 0.05) is 34.4 Å². The number of nitrogens with zero attached hydrogens (tertiary/aromatic N) is 2. The van der Waals surface area contributed by atoms with Gasteiger partial charge in [0.1, 0.15) is 11.6 Å². The molecule has 0 aliphatic carbocycles. The number of carbonyl (C=O) groups is 1. The van der Waals surface area contributed by atoms with Gasteiger partial charge in [-0.15, -0.1) is 13.2 Å². The van der Waals surface area contributed by atoms with Gasteiger partial charge in [-0.05, 0) is 68.4 Å². The number of amides is 1. The molecular formula is C26H22F3N5O2. The second-order valence-corrected chi connectivity index (χ2v) is 7.94. The van der Waals surface area contributed by atoms with E-state index in [1.165, 1.54) is 12.1 Å². The first-order valence-electron chi connectivity index (χ1n) is 10.9. The maximum absolute atomic E-state index is 12.5. The minimum Gasteiger partial charge on any atom is -0.406 e. The first kappa shape index (κ1) is 24.5. The molecule has 0 fully saturated rings. The fourth-order valence-electron chi connectivity index (χ4n) is 3.28. The van der Waals surface area contributed by atoms with Gasteiger partial charge in [-0.25, -0.2) is 4.98 Å². The number of hydrogen-bond acceptors (Lipinski definition) is 6. The summed E-state index contributed by atoms with van der Waals surface area (Å²) in [6.45, 7) is 3.88. The molecule has 1 amide bonds. The predicted octanol–water partition coefficient (Wildman–Crippen LogP) is 6.73. The van der Waals surface area contributed by atoms with Crippen LogP contribution in [-0.2, 0) is 0 Å². The number of hydrogen-bond donors (Lipinski definition) is 3. The summed E-state index contributed by atoms with van der Waals surface area (Å²) in [7, 11) is 0. The van der Waals surface area contributed by atoms with Crippen LogP contribution in [0.5, 0.6) is 5.75 Å². The molecule has 4 rings (SSSR count). The van der Waals surface area contributed by atoms with Crippen LogP contribution in [0.2, 0.25) is 0 Å². The first-order chi connectivity index (χ1) is 17.1. The smallest absolute Gasteiger partial charge is 0.406 e. The molecule has 0 unspecified atom stereocenters. The second-order valence-electron chi connectivity index (χ2n) is 7.94.